The van der Waals surface area contributed by atoms with Crippen LogP contribution in [-0.2, 0) is 18.8 Å². The van der Waals surface area contributed by atoms with Gasteiger partial charge in [0.05, 0.1) is 24.9 Å². The summed E-state index contributed by atoms with van der Waals surface area (Å²) in [4.78, 5) is 29.6. The minimum atomic E-state index is -4.07. The van der Waals surface area contributed by atoms with Crippen molar-refractivity contribution < 1.29 is 28.6 Å². The summed E-state index contributed by atoms with van der Waals surface area (Å²) < 4.78 is 21.5. The smallest absolute Gasteiger partial charge is 0.336 e. The topological polar surface area (TPSA) is 93.1 Å². The first kappa shape index (κ1) is 20.4. The van der Waals surface area contributed by atoms with Crippen LogP contribution in [0.1, 0.15) is 46.0 Å². The Hall–Kier alpha value is -0.680. The van der Waals surface area contributed by atoms with Crippen LogP contribution in [-0.4, -0.2) is 41.2 Å². The van der Waals surface area contributed by atoms with Crippen LogP contribution in [0, 0.1) is 11.8 Å². The van der Waals surface area contributed by atoms with Gasteiger partial charge in [0.15, 0.2) is 0 Å². The third kappa shape index (κ3) is 7.17. The van der Waals surface area contributed by atoms with E-state index in [1.807, 2.05) is 0 Å². The van der Waals surface area contributed by atoms with Gasteiger partial charge in [0.25, 0.3) is 0 Å². The summed E-state index contributed by atoms with van der Waals surface area (Å²) in [6.07, 6.45) is 4.87. The summed E-state index contributed by atoms with van der Waals surface area (Å²) in [7, 11) is -4.07. The van der Waals surface area contributed by atoms with Crippen LogP contribution in [0.5, 0.6) is 0 Å². The van der Waals surface area contributed by atoms with E-state index < -0.39 is 13.6 Å². The van der Waals surface area contributed by atoms with Gasteiger partial charge in [-0.25, -0.2) is 4.79 Å². The second-order valence-electron chi connectivity index (χ2n) is 6.18. The van der Waals surface area contributed by atoms with Gasteiger partial charge in [-0.3, -0.25) is 4.57 Å². The van der Waals surface area contributed by atoms with Gasteiger partial charge in [0.2, 0.25) is 0 Å². The molecule has 0 bridgehead atoms. The molecule has 0 spiro atoms. The normalized spacial score (nSPS) is 25.1. The predicted molar refractivity (Wildman–Crippen MR) is 88.2 cm³/mol. The molecule has 0 aromatic rings. The van der Waals surface area contributed by atoms with E-state index in [0.717, 1.165) is 25.7 Å². The van der Waals surface area contributed by atoms with Crippen LogP contribution >= 0.6 is 7.60 Å². The first-order valence-electron chi connectivity index (χ1n) is 8.29. The van der Waals surface area contributed by atoms with Crippen molar-refractivity contribution in [2.45, 2.75) is 52.1 Å². The molecule has 1 saturated carbocycles. The molecule has 1 aliphatic carbocycles. The molecule has 7 heteroatoms. The number of carbonyl (C=O) groups is 1. The number of carbonyl (C=O) groups excluding carboxylic acids is 1. The summed E-state index contributed by atoms with van der Waals surface area (Å²) in [5, 5.41) is 0. The molecule has 0 aromatic heterocycles. The average molecular weight is 348 g/mol. The Morgan fingerprint density at radius 1 is 1.22 bits per heavy atom. The van der Waals surface area contributed by atoms with E-state index in [4.69, 9.17) is 19.3 Å². The fourth-order valence-electron chi connectivity index (χ4n) is 3.07. The lowest BCUT2D eigenvalue weighted by Crippen LogP contribution is -2.37. The molecule has 1 fully saturated rings. The third-order valence-electron chi connectivity index (χ3n) is 4.46. The van der Waals surface area contributed by atoms with Crippen LogP contribution in [0.3, 0.4) is 0 Å². The highest BCUT2D eigenvalue weighted by Crippen LogP contribution is 2.36. The lowest BCUT2D eigenvalue weighted by Gasteiger charge is -2.37. The molecule has 0 aliphatic heterocycles. The number of hydrogen-bond donors (Lipinski definition) is 2. The van der Waals surface area contributed by atoms with Crippen molar-refractivity contribution >= 4 is 13.6 Å². The highest BCUT2D eigenvalue weighted by atomic mass is 31.2. The number of ether oxygens (including phenoxy) is 2. The van der Waals surface area contributed by atoms with E-state index in [0.29, 0.717) is 11.8 Å². The molecule has 134 valence electrons. The Kier molecular flexibility index (Phi) is 8.48. The van der Waals surface area contributed by atoms with Crippen molar-refractivity contribution in [3.05, 3.63) is 12.2 Å². The van der Waals surface area contributed by atoms with E-state index >= 15 is 0 Å². The molecule has 0 amide bonds. The maximum Gasteiger partial charge on any atom is 0.336 e. The molecular formula is C16H29O6P. The van der Waals surface area contributed by atoms with E-state index in [-0.39, 0.29) is 31.1 Å². The largest absolute Gasteiger partial charge is 0.458 e. The van der Waals surface area contributed by atoms with Gasteiger partial charge in [0.1, 0.15) is 6.10 Å². The van der Waals surface area contributed by atoms with Crippen LogP contribution in [0.4, 0.5) is 0 Å². The zero-order valence-corrected chi connectivity index (χ0v) is 15.0. The molecule has 0 heterocycles. The molecule has 6 nitrogen and oxygen atoms in total. The monoisotopic (exact) mass is 348 g/mol. The minimum Gasteiger partial charge on any atom is -0.458 e. The second-order valence-corrected chi connectivity index (χ2v) is 7.96. The van der Waals surface area contributed by atoms with Gasteiger partial charge in [0, 0.05) is 0 Å². The van der Waals surface area contributed by atoms with Gasteiger partial charge in [-0.05, 0) is 37.5 Å². The van der Waals surface area contributed by atoms with E-state index in [9.17, 15) is 9.36 Å². The third-order valence-corrected chi connectivity index (χ3v) is 5.23. The highest BCUT2D eigenvalue weighted by molar-refractivity contribution is 7.51. The average Bonchev–Trinajstić information content (AvgIpc) is 2.50. The van der Waals surface area contributed by atoms with Gasteiger partial charge in [-0.1, -0.05) is 26.8 Å². The van der Waals surface area contributed by atoms with Gasteiger partial charge >= 0.3 is 13.6 Å². The van der Waals surface area contributed by atoms with Crippen molar-refractivity contribution in [3.63, 3.8) is 0 Å². The van der Waals surface area contributed by atoms with Gasteiger partial charge in [-0.15, -0.1) is 0 Å². The summed E-state index contributed by atoms with van der Waals surface area (Å²) >= 11 is 0. The van der Waals surface area contributed by atoms with Crippen LogP contribution in [0.15, 0.2) is 12.2 Å². The van der Waals surface area contributed by atoms with Crippen molar-refractivity contribution in [3.8, 4) is 0 Å². The van der Waals surface area contributed by atoms with Crippen molar-refractivity contribution in [2.24, 2.45) is 11.8 Å². The zero-order valence-electron chi connectivity index (χ0n) is 14.1. The summed E-state index contributed by atoms with van der Waals surface area (Å²) in [6, 6.07) is 0. The fraction of sp³-hybridized carbons (Fsp3) is 0.812. The first-order valence-corrected chi connectivity index (χ1v) is 10.1. The quantitative estimate of drug-likeness (QED) is 0.288. The molecule has 1 rings (SSSR count). The van der Waals surface area contributed by atoms with Crippen molar-refractivity contribution in [1.29, 1.82) is 0 Å². The highest BCUT2D eigenvalue weighted by Gasteiger charge is 2.34. The predicted octanol–water partition coefficient (Wildman–Crippen LogP) is 2.89. The molecule has 2 unspecified atom stereocenters. The van der Waals surface area contributed by atoms with E-state index in [1.165, 1.54) is 6.42 Å². The minimum absolute atomic E-state index is 0.0703. The number of esters is 1. The standard InChI is InChI=1S/C16H29O6P/c1-4-13-7-6-8-14(5-2)15(13)22-16(17)12(3)11-21-9-10-23(18,19)20/h13-15H,3-11H2,1-2H3,(H2,18,19,20). The Balaban J connectivity index is 2.46. The molecule has 1 aliphatic rings. The molecular weight excluding hydrogens is 319 g/mol. The molecule has 0 saturated heterocycles. The van der Waals surface area contributed by atoms with Crippen LogP contribution in [0.25, 0.3) is 0 Å². The Bertz CT molecular complexity index is 432. The van der Waals surface area contributed by atoms with Crippen LogP contribution < -0.4 is 0 Å². The summed E-state index contributed by atoms with van der Waals surface area (Å²) in [5.41, 5.74) is 0.186. The maximum absolute atomic E-state index is 12.2. The molecule has 23 heavy (non-hydrogen) atoms. The lowest BCUT2D eigenvalue weighted by molar-refractivity contribution is -0.153. The molecule has 0 aromatic carbocycles. The van der Waals surface area contributed by atoms with Gasteiger partial charge < -0.3 is 19.3 Å². The zero-order chi connectivity index (χ0) is 17.5. The maximum atomic E-state index is 12.2. The Labute approximate surface area is 138 Å². The number of rotatable bonds is 9. The first-order chi connectivity index (χ1) is 10.8. The Morgan fingerprint density at radius 2 is 1.78 bits per heavy atom. The second kappa shape index (κ2) is 9.58. The van der Waals surface area contributed by atoms with Gasteiger partial charge in [-0.2, -0.15) is 0 Å². The number of hydrogen-bond acceptors (Lipinski definition) is 4. The molecule has 0 radical (unpaired) electrons. The van der Waals surface area contributed by atoms with E-state index in [1.54, 1.807) is 0 Å². The molecule has 2 N–H and O–H groups in total. The fourth-order valence-corrected chi connectivity index (χ4v) is 3.43. The SMILES string of the molecule is C=C(COCCP(=O)(O)O)C(=O)OC1C(CC)CCCC1CC. The lowest BCUT2D eigenvalue weighted by atomic mass is 9.76. The summed E-state index contributed by atoms with van der Waals surface area (Å²) in [5.74, 6) is 0.312. The van der Waals surface area contributed by atoms with Crippen molar-refractivity contribution in [2.75, 3.05) is 19.4 Å². The molecule has 2 atom stereocenters. The van der Waals surface area contributed by atoms with Crippen LogP contribution in [0.2, 0.25) is 0 Å². The Morgan fingerprint density at radius 3 is 2.26 bits per heavy atom. The van der Waals surface area contributed by atoms with E-state index in [2.05, 4.69) is 20.4 Å². The van der Waals surface area contributed by atoms with Crippen molar-refractivity contribution in [1.82, 2.24) is 0 Å². The summed E-state index contributed by atoms with van der Waals surface area (Å²) in [6.45, 7) is 7.71.